The molecule has 0 amide bonds. The highest BCUT2D eigenvalue weighted by Gasteiger charge is 1.96. The second-order valence-electron chi connectivity index (χ2n) is 2.02. The van der Waals surface area contributed by atoms with Crippen molar-refractivity contribution in [2.75, 3.05) is 5.73 Å². The molecule has 2 rings (SSSR count). The molecule has 1 aromatic carbocycles. The summed E-state index contributed by atoms with van der Waals surface area (Å²) in [4.78, 5) is 4.11. The molecule has 0 fully saturated rings. The Balaban J connectivity index is 0.000000379. The number of hydrogen-bond donors (Lipinski definition) is 1. The number of nitrogens with zero attached hydrogens (tertiary/aromatic N) is 1. The van der Waals surface area contributed by atoms with Crippen LogP contribution in [0.5, 0.6) is 0 Å². The number of rotatable bonds is 0. The Bertz CT molecular complexity index is 322. The average molecular weight is 210 g/mol. The molecule has 14 heavy (non-hydrogen) atoms. The van der Waals surface area contributed by atoms with E-state index < -0.39 is 0 Å². The summed E-state index contributed by atoms with van der Waals surface area (Å²) in [5.41, 5.74) is 6.49. The monoisotopic (exact) mass is 210 g/mol. The van der Waals surface area contributed by atoms with E-state index in [-0.39, 0.29) is 0 Å². The van der Waals surface area contributed by atoms with Gasteiger partial charge in [-0.05, 0) is 12.1 Å². The number of anilines is 1. The number of nitrogen functional groups attached to an aromatic ring is 1. The van der Waals surface area contributed by atoms with Crippen molar-refractivity contribution in [3.05, 3.63) is 24.3 Å². The molecule has 0 unspecified atom stereocenters. The Morgan fingerprint density at radius 3 is 2.21 bits per heavy atom. The van der Waals surface area contributed by atoms with Crippen LogP contribution in [-0.4, -0.2) is 4.98 Å². The number of para-hydroxylation sites is 1. The van der Waals surface area contributed by atoms with Crippen molar-refractivity contribution < 1.29 is 0 Å². The van der Waals surface area contributed by atoms with Gasteiger partial charge in [0.25, 0.3) is 0 Å². The van der Waals surface area contributed by atoms with Gasteiger partial charge < -0.3 is 5.73 Å². The zero-order chi connectivity index (χ0) is 11.0. The summed E-state index contributed by atoms with van der Waals surface area (Å²) < 4.78 is 1.15. The Kier molecular flexibility index (Phi) is 6.76. The van der Waals surface area contributed by atoms with Crippen LogP contribution in [0.2, 0.25) is 0 Å². The second kappa shape index (κ2) is 7.33. The van der Waals surface area contributed by atoms with Gasteiger partial charge >= 0.3 is 0 Å². The number of thiazole rings is 1. The summed E-state index contributed by atoms with van der Waals surface area (Å²) in [6.45, 7) is 8.00. The molecule has 1 aromatic heterocycles. The average Bonchev–Trinajstić information content (AvgIpc) is 2.64. The van der Waals surface area contributed by atoms with Gasteiger partial charge in [0.2, 0.25) is 0 Å². The van der Waals surface area contributed by atoms with Gasteiger partial charge in [-0.1, -0.05) is 51.2 Å². The Labute approximate surface area is 89.8 Å². The van der Waals surface area contributed by atoms with Crippen LogP contribution in [0.25, 0.3) is 10.2 Å². The highest BCUT2D eigenvalue weighted by Crippen LogP contribution is 2.22. The maximum atomic E-state index is 5.50. The summed E-state index contributed by atoms with van der Waals surface area (Å²) in [5, 5.41) is 0.640. The van der Waals surface area contributed by atoms with E-state index >= 15 is 0 Å². The van der Waals surface area contributed by atoms with Gasteiger partial charge in [-0.15, -0.1) is 0 Å². The molecular formula is C11H18N2S. The first kappa shape index (κ1) is 12.9. The fourth-order valence-corrected chi connectivity index (χ4v) is 1.62. The molecule has 78 valence electrons. The molecule has 0 atom stereocenters. The zero-order valence-corrected chi connectivity index (χ0v) is 10.1. The molecular weight excluding hydrogens is 192 g/mol. The molecule has 2 N–H and O–H groups in total. The highest BCUT2D eigenvalue weighted by molar-refractivity contribution is 7.22. The van der Waals surface area contributed by atoms with Crippen LogP contribution in [-0.2, 0) is 0 Å². The molecule has 0 saturated carbocycles. The van der Waals surface area contributed by atoms with Gasteiger partial charge in [-0.2, -0.15) is 0 Å². The number of benzene rings is 1. The lowest BCUT2D eigenvalue weighted by atomic mass is 10.3. The molecule has 0 radical (unpaired) electrons. The zero-order valence-electron chi connectivity index (χ0n) is 9.24. The third-order valence-electron chi connectivity index (χ3n) is 1.31. The van der Waals surface area contributed by atoms with Gasteiger partial charge in [0.05, 0.1) is 10.2 Å². The fourth-order valence-electron chi connectivity index (χ4n) is 0.890. The predicted molar refractivity (Wildman–Crippen MR) is 66.7 cm³/mol. The third kappa shape index (κ3) is 3.34. The maximum Gasteiger partial charge on any atom is 0.181 e. The van der Waals surface area contributed by atoms with Crippen molar-refractivity contribution >= 4 is 26.7 Å². The van der Waals surface area contributed by atoms with Gasteiger partial charge in [-0.3, -0.25) is 0 Å². The summed E-state index contributed by atoms with van der Waals surface area (Å²) in [7, 11) is 0. The van der Waals surface area contributed by atoms with E-state index in [1.54, 1.807) is 0 Å². The van der Waals surface area contributed by atoms with Gasteiger partial charge in [0.15, 0.2) is 5.13 Å². The van der Waals surface area contributed by atoms with E-state index in [0.29, 0.717) is 5.13 Å². The summed E-state index contributed by atoms with van der Waals surface area (Å²) in [5.74, 6) is 0. The minimum Gasteiger partial charge on any atom is -0.375 e. The molecule has 2 aromatic rings. The van der Waals surface area contributed by atoms with Gasteiger partial charge in [0, 0.05) is 0 Å². The highest BCUT2D eigenvalue weighted by atomic mass is 32.1. The van der Waals surface area contributed by atoms with Crippen molar-refractivity contribution in [3.63, 3.8) is 0 Å². The molecule has 0 spiro atoms. The van der Waals surface area contributed by atoms with Crippen molar-refractivity contribution in [3.8, 4) is 0 Å². The molecule has 0 aliphatic heterocycles. The fraction of sp³-hybridized carbons (Fsp3) is 0.364. The van der Waals surface area contributed by atoms with Crippen LogP contribution >= 0.6 is 11.3 Å². The van der Waals surface area contributed by atoms with Crippen LogP contribution in [0.15, 0.2) is 24.3 Å². The third-order valence-corrected chi connectivity index (χ3v) is 2.18. The summed E-state index contributed by atoms with van der Waals surface area (Å²) in [6, 6.07) is 7.92. The predicted octanol–water partition coefficient (Wildman–Crippen LogP) is 3.93. The molecule has 0 saturated heterocycles. The quantitative estimate of drug-likeness (QED) is 0.715. The summed E-state index contributed by atoms with van der Waals surface area (Å²) >= 11 is 1.52. The SMILES string of the molecule is CC.CC.Nc1nc2ccccc2s1. The van der Waals surface area contributed by atoms with E-state index in [9.17, 15) is 0 Å². The first-order chi connectivity index (χ1) is 6.86. The van der Waals surface area contributed by atoms with E-state index in [0.717, 1.165) is 10.2 Å². The molecule has 0 aliphatic carbocycles. The van der Waals surface area contributed by atoms with E-state index in [1.807, 2.05) is 52.0 Å². The van der Waals surface area contributed by atoms with E-state index in [2.05, 4.69) is 4.98 Å². The minimum atomic E-state index is 0.640. The number of aromatic nitrogens is 1. The number of nitrogens with two attached hydrogens (primary N) is 1. The van der Waals surface area contributed by atoms with Crippen LogP contribution in [0.1, 0.15) is 27.7 Å². The Hall–Kier alpha value is -1.09. The Morgan fingerprint density at radius 1 is 1.07 bits per heavy atom. The molecule has 0 aliphatic rings. The standard InChI is InChI=1S/C7H6N2S.2C2H6/c8-7-9-5-3-1-2-4-6(5)10-7;2*1-2/h1-4H,(H2,8,9);2*1-2H3. The van der Waals surface area contributed by atoms with Crippen LogP contribution in [0, 0.1) is 0 Å². The topological polar surface area (TPSA) is 38.9 Å². The van der Waals surface area contributed by atoms with Crippen molar-refractivity contribution in [1.29, 1.82) is 0 Å². The second-order valence-corrected chi connectivity index (χ2v) is 3.08. The molecule has 1 heterocycles. The number of fused-ring (bicyclic) bond motifs is 1. The molecule has 0 bridgehead atoms. The van der Waals surface area contributed by atoms with E-state index in [4.69, 9.17) is 5.73 Å². The van der Waals surface area contributed by atoms with Gasteiger partial charge in [0.1, 0.15) is 0 Å². The molecule has 3 heteroatoms. The molecule has 2 nitrogen and oxygen atoms in total. The van der Waals surface area contributed by atoms with Crippen molar-refractivity contribution in [2.24, 2.45) is 0 Å². The first-order valence-corrected chi connectivity index (χ1v) is 5.79. The largest absolute Gasteiger partial charge is 0.375 e. The first-order valence-electron chi connectivity index (χ1n) is 4.97. The number of hydrogen-bond acceptors (Lipinski definition) is 3. The van der Waals surface area contributed by atoms with Crippen LogP contribution < -0.4 is 5.73 Å². The lowest BCUT2D eigenvalue weighted by molar-refractivity contribution is 1.50. The lowest BCUT2D eigenvalue weighted by Gasteiger charge is -1.80. The maximum absolute atomic E-state index is 5.50. The van der Waals surface area contributed by atoms with Crippen LogP contribution in [0.3, 0.4) is 0 Å². The van der Waals surface area contributed by atoms with Gasteiger partial charge in [-0.25, -0.2) is 4.98 Å². The normalized spacial score (nSPS) is 8.29. The Morgan fingerprint density at radius 2 is 1.64 bits per heavy atom. The van der Waals surface area contributed by atoms with Crippen molar-refractivity contribution in [1.82, 2.24) is 4.98 Å². The van der Waals surface area contributed by atoms with Crippen molar-refractivity contribution in [2.45, 2.75) is 27.7 Å². The lowest BCUT2D eigenvalue weighted by Crippen LogP contribution is -1.78. The minimum absolute atomic E-state index is 0.640. The summed E-state index contributed by atoms with van der Waals surface area (Å²) in [6.07, 6.45) is 0. The smallest absolute Gasteiger partial charge is 0.181 e. The van der Waals surface area contributed by atoms with Crippen LogP contribution in [0.4, 0.5) is 5.13 Å². The van der Waals surface area contributed by atoms with E-state index in [1.165, 1.54) is 11.3 Å².